The second-order valence-corrected chi connectivity index (χ2v) is 15.2. The molecule has 2 nitrogen and oxygen atoms in total. The van der Waals surface area contributed by atoms with Crippen LogP contribution in [0.3, 0.4) is 0 Å². The number of fused-ring (bicyclic) bond motifs is 13. The second-order valence-electron chi connectivity index (χ2n) is 15.2. The Kier molecular flexibility index (Phi) is 6.88. The van der Waals surface area contributed by atoms with Crippen molar-refractivity contribution >= 4 is 38.8 Å². The van der Waals surface area contributed by atoms with Gasteiger partial charge in [-0.05, 0) is 115 Å². The largest absolute Gasteiger partial charge is 0.459 e. The summed E-state index contributed by atoms with van der Waals surface area (Å²) in [5, 5.41) is 3.61. The van der Waals surface area contributed by atoms with Crippen LogP contribution in [0.4, 0.5) is 17.1 Å². The Morgan fingerprint density at radius 2 is 0.895 bits per heavy atom. The fourth-order valence-corrected chi connectivity index (χ4v) is 9.72. The predicted molar refractivity (Wildman–Crippen MR) is 236 cm³/mol. The van der Waals surface area contributed by atoms with E-state index in [-0.39, 0.29) is 0 Å². The number of hydrogen-bond acceptors (Lipinski definition) is 2. The van der Waals surface area contributed by atoms with Crippen LogP contribution in [0.5, 0.6) is 0 Å². The average Bonchev–Trinajstić information content (AvgIpc) is 3.91. The minimum atomic E-state index is -0.550. The lowest BCUT2D eigenvalue weighted by Gasteiger charge is -2.28. The minimum absolute atomic E-state index is 0.550. The fourth-order valence-electron chi connectivity index (χ4n) is 9.72. The van der Waals surface area contributed by atoms with Gasteiger partial charge in [0.2, 0.25) is 0 Å². The van der Waals surface area contributed by atoms with Gasteiger partial charge in [0.25, 0.3) is 0 Å². The Morgan fingerprint density at radius 1 is 0.351 bits per heavy atom. The molecule has 0 amide bonds. The minimum Gasteiger partial charge on any atom is -0.459 e. The van der Waals surface area contributed by atoms with E-state index >= 15 is 0 Å². The normalized spacial score (nSPS) is 13.1. The molecule has 9 aromatic carbocycles. The maximum Gasteiger partial charge on any atom is 0.135 e. The molecule has 2 aliphatic carbocycles. The molecule has 10 aromatic rings. The highest BCUT2D eigenvalue weighted by Crippen LogP contribution is 2.64. The van der Waals surface area contributed by atoms with Gasteiger partial charge in [-0.1, -0.05) is 164 Å². The SMILES string of the molecule is c1ccc(-c2ccc(N(c3ccc(-c4ccc5c(c4)C4(c6ccccc6-c6ccccc64)c4oc6ccccc6c4-5)cc3)c3ccc4ccccc4c3)cc2)cc1. The first-order chi connectivity index (χ1) is 28.3. The number of furan rings is 1. The van der Waals surface area contributed by atoms with E-state index in [1.54, 1.807) is 0 Å². The van der Waals surface area contributed by atoms with Gasteiger partial charge in [0.15, 0.2) is 0 Å². The molecule has 1 heterocycles. The quantitative estimate of drug-likeness (QED) is 0.176. The van der Waals surface area contributed by atoms with Crippen LogP contribution < -0.4 is 4.90 Å². The van der Waals surface area contributed by atoms with E-state index in [4.69, 9.17) is 4.42 Å². The maximum atomic E-state index is 6.97. The molecular weight excluding hydrogens is 691 g/mol. The highest BCUT2D eigenvalue weighted by Gasteiger charge is 2.55. The first kappa shape index (κ1) is 31.9. The van der Waals surface area contributed by atoms with Crippen LogP contribution in [0.1, 0.15) is 22.5 Å². The number of benzene rings is 9. The van der Waals surface area contributed by atoms with E-state index in [0.29, 0.717) is 0 Å². The molecule has 2 aliphatic rings. The van der Waals surface area contributed by atoms with Crippen molar-refractivity contribution in [2.75, 3.05) is 4.90 Å². The van der Waals surface area contributed by atoms with Crippen LogP contribution in [0, 0.1) is 0 Å². The molecule has 0 saturated carbocycles. The molecule has 266 valence electrons. The van der Waals surface area contributed by atoms with Gasteiger partial charge >= 0.3 is 0 Å². The van der Waals surface area contributed by atoms with Crippen LogP contribution in [0.25, 0.3) is 66.2 Å². The van der Waals surface area contributed by atoms with Crippen molar-refractivity contribution in [2.45, 2.75) is 5.41 Å². The zero-order valence-electron chi connectivity index (χ0n) is 31.1. The molecule has 0 radical (unpaired) electrons. The standard InChI is InChI=1S/C55H35NO/c1-2-12-36(13-3-1)38-22-28-42(29-23-38)56(44-32-26-37-14-4-5-15-40(37)34-44)43-30-24-39(25-31-43)41-27-33-47-51(35-41)55(54-53(47)48-18-8-11-21-52(48)57-54)49-19-9-6-16-45(49)46-17-7-10-20-50(46)55/h1-35H. The van der Waals surface area contributed by atoms with E-state index < -0.39 is 5.41 Å². The summed E-state index contributed by atoms with van der Waals surface area (Å²) in [6.45, 7) is 0. The zero-order valence-corrected chi connectivity index (χ0v) is 31.1. The summed E-state index contributed by atoms with van der Waals surface area (Å²) in [7, 11) is 0. The third-order valence-corrected chi connectivity index (χ3v) is 12.3. The summed E-state index contributed by atoms with van der Waals surface area (Å²) in [5.41, 5.74) is 17.3. The number of hydrogen-bond donors (Lipinski definition) is 0. The van der Waals surface area contributed by atoms with E-state index in [0.717, 1.165) is 33.8 Å². The monoisotopic (exact) mass is 725 g/mol. The van der Waals surface area contributed by atoms with Gasteiger partial charge < -0.3 is 9.32 Å². The molecular formula is C55H35NO. The van der Waals surface area contributed by atoms with Crippen molar-refractivity contribution in [1.29, 1.82) is 0 Å². The number of rotatable bonds is 5. The van der Waals surface area contributed by atoms with Crippen molar-refractivity contribution in [3.8, 4) is 44.5 Å². The fraction of sp³-hybridized carbons (Fsp3) is 0.0182. The maximum absolute atomic E-state index is 6.97. The number of para-hydroxylation sites is 1. The van der Waals surface area contributed by atoms with Gasteiger partial charge in [0.1, 0.15) is 16.8 Å². The molecule has 0 saturated heterocycles. The summed E-state index contributed by atoms with van der Waals surface area (Å²) in [5.74, 6) is 1.02. The highest BCUT2D eigenvalue weighted by atomic mass is 16.3. The highest BCUT2D eigenvalue weighted by molar-refractivity contribution is 6.05. The molecule has 1 aromatic heterocycles. The van der Waals surface area contributed by atoms with Gasteiger partial charge in [0.05, 0.1) is 0 Å². The first-order valence-corrected chi connectivity index (χ1v) is 19.7. The van der Waals surface area contributed by atoms with Crippen LogP contribution >= 0.6 is 0 Å². The van der Waals surface area contributed by atoms with Gasteiger partial charge in [-0.15, -0.1) is 0 Å². The molecule has 0 fully saturated rings. The lowest BCUT2D eigenvalue weighted by Crippen LogP contribution is -2.25. The number of nitrogens with zero attached hydrogens (tertiary/aromatic N) is 1. The van der Waals surface area contributed by atoms with Crippen LogP contribution in [-0.4, -0.2) is 0 Å². The predicted octanol–water partition coefficient (Wildman–Crippen LogP) is 14.7. The molecule has 0 N–H and O–H groups in total. The van der Waals surface area contributed by atoms with Crippen molar-refractivity contribution < 1.29 is 4.42 Å². The van der Waals surface area contributed by atoms with E-state index in [2.05, 4.69) is 217 Å². The Labute approximate surface area is 331 Å². The molecule has 12 rings (SSSR count). The van der Waals surface area contributed by atoms with Gasteiger partial charge in [-0.25, -0.2) is 0 Å². The molecule has 0 atom stereocenters. The van der Waals surface area contributed by atoms with E-state index in [1.165, 1.54) is 72.0 Å². The van der Waals surface area contributed by atoms with Gasteiger partial charge in [0, 0.05) is 28.0 Å². The lowest BCUT2D eigenvalue weighted by atomic mass is 9.72. The van der Waals surface area contributed by atoms with Crippen molar-refractivity contribution in [3.63, 3.8) is 0 Å². The van der Waals surface area contributed by atoms with Crippen molar-refractivity contribution in [1.82, 2.24) is 0 Å². The summed E-state index contributed by atoms with van der Waals surface area (Å²) < 4.78 is 6.97. The molecule has 57 heavy (non-hydrogen) atoms. The third kappa shape index (κ3) is 4.65. The summed E-state index contributed by atoms with van der Waals surface area (Å²) in [4.78, 5) is 2.36. The Morgan fingerprint density at radius 3 is 1.61 bits per heavy atom. The Hall–Kier alpha value is -7.42. The van der Waals surface area contributed by atoms with Gasteiger partial charge in [-0.3, -0.25) is 0 Å². The Bertz CT molecular complexity index is 3130. The third-order valence-electron chi connectivity index (χ3n) is 12.3. The summed E-state index contributed by atoms with van der Waals surface area (Å²) >= 11 is 0. The molecule has 0 aliphatic heterocycles. The smallest absolute Gasteiger partial charge is 0.135 e. The van der Waals surface area contributed by atoms with E-state index in [9.17, 15) is 0 Å². The topological polar surface area (TPSA) is 16.4 Å². The molecule has 0 bridgehead atoms. The molecule has 0 unspecified atom stereocenters. The zero-order chi connectivity index (χ0) is 37.5. The summed E-state index contributed by atoms with van der Waals surface area (Å²) in [6, 6.07) is 77.2. The second kappa shape index (κ2) is 12.3. The number of anilines is 3. The van der Waals surface area contributed by atoms with Gasteiger partial charge in [-0.2, -0.15) is 0 Å². The molecule has 1 spiro atoms. The Balaban J connectivity index is 1.000. The average molecular weight is 726 g/mol. The molecule has 2 heteroatoms. The van der Waals surface area contributed by atoms with Crippen LogP contribution in [0.15, 0.2) is 217 Å². The lowest BCUT2D eigenvalue weighted by molar-refractivity contribution is 0.507. The first-order valence-electron chi connectivity index (χ1n) is 19.7. The van der Waals surface area contributed by atoms with Crippen LogP contribution in [-0.2, 0) is 5.41 Å². The summed E-state index contributed by atoms with van der Waals surface area (Å²) in [6.07, 6.45) is 0. The van der Waals surface area contributed by atoms with E-state index in [1.807, 2.05) is 0 Å². The van der Waals surface area contributed by atoms with Crippen LogP contribution in [0.2, 0.25) is 0 Å². The van der Waals surface area contributed by atoms with Crippen molar-refractivity contribution in [2.24, 2.45) is 0 Å². The van der Waals surface area contributed by atoms with Crippen molar-refractivity contribution in [3.05, 3.63) is 235 Å².